The number of carboxylic acid groups (broad SMARTS) is 1. The van der Waals surface area contributed by atoms with Crippen molar-refractivity contribution in [2.24, 2.45) is 0 Å². The van der Waals surface area contributed by atoms with Crippen molar-refractivity contribution in [1.29, 1.82) is 0 Å². The van der Waals surface area contributed by atoms with Crippen molar-refractivity contribution >= 4 is 34.9 Å². The first kappa shape index (κ1) is 20.3. The summed E-state index contributed by atoms with van der Waals surface area (Å²) in [6, 6.07) is 12.1. The minimum Gasteiger partial charge on any atom is -0.480 e. The maximum atomic E-state index is 12.2. The number of benzene rings is 2. The van der Waals surface area contributed by atoms with Gasteiger partial charge in [0.1, 0.15) is 6.04 Å². The molecule has 0 bridgehead atoms. The molecule has 3 N–H and O–H groups in total. The Balaban J connectivity index is 1.93. The van der Waals surface area contributed by atoms with E-state index in [-0.39, 0.29) is 22.8 Å². The second-order valence-electron chi connectivity index (χ2n) is 5.75. The van der Waals surface area contributed by atoms with E-state index >= 15 is 0 Å². The fourth-order valence-electron chi connectivity index (χ4n) is 2.39. The van der Waals surface area contributed by atoms with Crippen LogP contribution in [0.3, 0.4) is 0 Å². The van der Waals surface area contributed by atoms with Gasteiger partial charge < -0.3 is 15.7 Å². The van der Waals surface area contributed by atoms with E-state index in [1.165, 1.54) is 12.1 Å². The molecular formula is C18H18ClN3O5. The van der Waals surface area contributed by atoms with Crippen LogP contribution < -0.4 is 10.6 Å². The SMILES string of the molecule is O=C(CC(NCCc1ccccc1)C(=O)O)Nc1cc([N+](=O)[O-])ccc1Cl. The van der Waals surface area contributed by atoms with Crippen LogP contribution in [0, 0.1) is 10.1 Å². The van der Waals surface area contributed by atoms with Crippen LogP contribution in [0.25, 0.3) is 0 Å². The molecule has 8 nitrogen and oxygen atoms in total. The third kappa shape index (κ3) is 6.36. The van der Waals surface area contributed by atoms with Gasteiger partial charge >= 0.3 is 5.97 Å². The molecule has 1 atom stereocenters. The van der Waals surface area contributed by atoms with Gasteiger partial charge in [0.2, 0.25) is 5.91 Å². The number of nitrogens with one attached hydrogen (secondary N) is 2. The Hall–Kier alpha value is -2.97. The van der Waals surface area contributed by atoms with Gasteiger partial charge in [-0.2, -0.15) is 0 Å². The maximum Gasteiger partial charge on any atom is 0.321 e. The lowest BCUT2D eigenvalue weighted by Crippen LogP contribution is -2.40. The number of carboxylic acids is 1. The average Bonchev–Trinajstić information content (AvgIpc) is 2.63. The molecule has 0 spiro atoms. The van der Waals surface area contributed by atoms with Crippen molar-refractivity contribution in [1.82, 2.24) is 5.32 Å². The van der Waals surface area contributed by atoms with E-state index in [4.69, 9.17) is 11.6 Å². The van der Waals surface area contributed by atoms with Gasteiger partial charge in [0.05, 0.1) is 22.1 Å². The second-order valence-corrected chi connectivity index (χ2v) is 6.16. The molecule has 0 saturated heterocycles. The third-order valence-corrected chi connectivity index (χ3v) is 4.10. The van der Waals surface area contributed by atoms with Gasteiger partial charge in [0.15, 0.2) is 0 Å². The quantitative estimate of drug-likeness (QED) is 0.446. The van der Waals surface area contributed by atoms with Crippen LogP contribution >= 0.6 is 11.6 Å². The molecule has 2 aromatic carbocycles. The average molecular weight is 392 g/mol. The molecule has 9 heteroatoms. The first-order chi connectivity index (χ1) is 12.9. The van der Waals surface area contributed by atoms with Crippen molar-refractivity contribution in [3.8, 4) is 0 Å². The summed E-state index contributed by atoms with van der Waals surface area (Å²) in [6.07, 6.45) is 0.270. The van der Waals surface area contributed by atoms with Crippen LogP contribution in [0.5, 0.6) is 0 Å². The molecule has 27 heavy (non-hydrogen) atoms. The fourth-order valence-corrected chi connectivity index (χ4v) is 2.56. The number of nitro benzene ring substituents is 1. The van der Waals surface area contributed by atoms with Crippen LogP contribution in [0.1, 0.15) is 12.0 Å². The number of halogens is 1. The van der Waals surface area contributed by atoms with E-state index in [1.807, 2.05) is 30.3 Å². The normalized spacial score (nSPS) is 11.6. The highest BCUT2D eigenvalue weighted by atomic mass is 35.5. The Bertz CT molecular complexity index is 829. The zero-order chi connectivity index (χ0) is 19.8. The maximum absolute atomic E-state index is 12.2. The highest BCUT2D eigenvalue weighted by Crippen LogP contribution is 2.26. The van der Waals surface area contributed by atoms with Crippen molar-refractivity contribution < 1.29 is 19.6 Å². The third-order valence-electron chi connectivity index (χ3n) is 3.77. The fraction of sp³-hybridized carbons (Fsp3) is 0.222. The summed E-state index contributed by atoms with van der Waals surface area (Å²) in [5, 5.41) is 25.5. The zero-order valence-corrected chi connectivity index (χ0v) is 15.0. The lowest BCUT2D eigenvalue weighted by atomic mass is 10.1. The number of nitrogens with zero attached hydrogens (tertiary/aromatic N) is 1. The number of carbonyl (C=O) groups is 2. The number of nitro groups is 1. The molecule has 0 aliphatic carbocycles. The Morgan fingerprint density at radius 1 is 1.19 bits per heavy atom. The van der Waals surface area contributed by atoms with Gasteiger partial charge in [-0.15, -0.1) is 0 Å². The summed E-state index contributed by atoms with van der Waals surface area (Å²) in [7, 11) is 0. The van der Waals surface area contributed by atoms with Crippen molar-refractivity contribution in [3.05, 3.63) is 69.2 Å². The topological polar surface area (TPSA) is 122 Å². The van der Waals surface area contributed by atoms with Gasteiger partial charge in [0.25, 0.3) is 5.69 Å². The summed E-state index contributed by atoms with van der Waals surface area (Å²) in [5.74, 6) is -1.78. The summed E-state index contributed by atoms with van der Waals surface area (Å²) >= 11 is 5.93. The largest absolute Gasteiger partial charge is 0.480 e. The van der Waals surface area contributed by atoms with Gasteiger partial charge in [-0.25, -0.2) is 0 Å². The molecule has 2 rings (SSSR count). The van der Waals surface area contributed by atoms with Crippen LogP contribution in [-0.2, 0) is 16.0 Å². The lowest BCUT2D eigenvalue weighted by molar-refractivity contribution is -0.384. The molecule has 0 fully saturated rings. The van der Waals surface area contributed by atoms with E-state index in [9.17, 15) is 24.8 Å². The molecular weight excluding hydrogens is 374 g/mol. The number of aliphatic carboxylic acids is 1. The molecule has 0 heterocycles. The van der Waals surface area contributed by atoms with Gasteiger partial charge in [0, 0.05) is 12.1 Å². The minimum absolute atomic E-state index is 0.0595. The smallest absolute Gasteiger partial charge is 0.321 e. The first-order valence-electron chi connectivity index (χ1n) is 8.10. The van der Waals surface area contributed by atoms with E-state index in [2.05, 4.69) is 10.6 Å². The lowest BCUT2D eigenvalue weighted by Gasteiger charge is -2.15. The molecule has 1 unspecified atom stereocenters. The first-order valence-corrected chi connectivity index (χ1v) is 8.48. The number of carbonyl (C=O) groups excluding carboxylic acids is 1. The summed E-state index contributed by atoms with van der Waals surface area (Å²) in [5.41, 5.74) is 0.872. The van der Waals surface area contributed by atoms with Crippen LogP contribution in [0.2, 0.25) is 5.02 Å². The summed E-state index contributed by atoms with van der Waals surface area (Å²) < 4.78 is 0. The minimum atomic E-state index is -1.16. The van der Waals surface area contributed by atoms with E-state index < -0.39 is 22.8 Å². The highest BCUT2D eigenvalue weighted by Gasteiger charge is 2.21. The van der Waals surface area contributed by atoms with Gasteiger partial charge in [-0.1, -0.05) is 41.9 Å². The van der Waals surface area contributed by atoms with Gasteiger partial charge in [-0.05, 0) is 24.6 Å². The van der Waals surface area contributed by atoms with E-state index in [1.54, 1.807) is 0 Å². The number of rotatable bonds is 9. The Morgan fingerprint density at radius 3 is 2.52 bits per heavy atom. The standard InChI is InChI=1S/C18H18ClN3O5/c19-14-7-6-13(22(26)27)10-15(14)21-17(23)11-16(18(24)25)20-9-8-12-4-2-1-3-5-12/h1-7,10,16,20H,8-9,11H2,(H,21,23)(H,24,25). The molecule has 0 saturated carbocycles. The number of amides is 1. The Kier molecular flexibility index (Phi) is 7.27. The van der Waals surface area contributed by atoms with Crippen LogP contribution in [0.15, 0.2) is 48.5 Å². The molecule has 2 aromatic rings. The summed E-state index contributed by atoms with van der Waals surface area (Å²) in [6.45, 7) is 0.381. The van der Waals surface area contributed by atoms with E-state index in [0.717, 1.165) is 11.6 Å². The zero-order valence-electron chi connectivity index (χ0n) is 14.2. The van der Waals surface area contributed by atoms with Crippen LogP contribution in [-0.4, -0.2) is 34.5 Å². The molecule has 0 aliphatic heterocycles. The second kappa shape index (κ2) is 9.65. The van der Waals surface area contributed by atoms with E-state index in [0.29, 0.717) is 13.0 Å². The molecule has 0 aromatic heterocycles. The monoisotopic (exact) mass is 391 g/mol. The Morgan fingerprint density at radius 2 is 1.89 bits per heavy atom. The molecule has 0 radical (unpaired) electrons. The summed E-state index contributed by atoms with van der Waals surface area (Å²) in [4.78, 5) is 33.7. The number of hydrogen-bond donors (Lipinski definition) is 3. The van der Waals surface area contributed by atoms with Crippen molar-refractivity contribution in [2.75, 3.05) is 11.9 Å². The molecule has 1 amide bonds. The predicted molar refractivity (Wildman–Crippen MR) is 101 cm³/mol. The van der Waals surface area contributed by atoms with Gasteiger partial charge in [-0.3, -0.25) is 19.7 Å². The number of non-ortho nitro benzene ring substituents is 1. The number of anilines is 1. The van der Waals surface area contributed by atoms with Crippen molar-refractivity contribution in [3.63, 3.8) is 0 Å². The predicted octanol–water partition coefficient (Wildman–Crippen LogP) is 2.86. The van der Waals surface area contributed by atoms with Crippen molar-refractivity contribution in [2.45, 2.75) is 18.9 Å². The molecule has 142 valence electrons. The Labute approximate surface area is 160 Å². The number of hydrogen-bond acceptors (Lipinski definition) is 5. The highest BCUT2D eigenvalue weighted by molar-refractivity contribution is 6.33. The van der Waals surface area contributed by atoms with Crippen LogP contribution in [0.4, 0.5) is 11.4 Å². The molecule has 0 aliphatic rings.